The first kappa shape index (κ1) is 16.6. The molecule has 3 heterocycles. The molecular weight excluding hydrogens is 346 g/mol. The first-order chi connectivity index (χ1) is 13.2. The molecule has 0 spiro atoms. The Kier molecular flexibility index (Phi) is 4.40. The molecule has 9 nitrogen and oxygen atoms in total. The van der Waals surface area contributed by atoms with E-state index in [1.54, 1.807) is 24.4 Å². The average Bonchev–Trinajstić information content (AvgIpc) is 3.18. The van der Waals surface area contributed by atoms with Gasteiger partial charge in [0.2, 0.25) is 0 Å². The summed E-state index contributed by atoms with van der Waals surface area (Å²) < 4.78 is 2.81. The molecule has 4 rings (SSSR count). The first-order valence-electron chi connectivity index (χ1n) is 8.30. The zero-order valence-corrected chi connectivity index (χ0v) is 14.2. The fourth-order valence-corrected chi connectivity index (χ4v) is 2.63. The van der Waals surface area contributed by atoms with Crippen molar-refractivity contribution in [3.05, 3.63) is 76.7 Å². The van der Waals surface area contributed by atoms with E-state index >= 15 is 0 Å². The number of tetrazole rings is 1. The zero-order chi connectivity index (χ0) is 18.6. The van der Waals surface area contributed by atoms with Crippen LogP contribution in [-0.2, 0) is 6.54 Å². The lowest BCUT2D eigenvalue weighted by atomic mass is 10.1. The lowest BCUT2D eigenvalue weighted by Gasteiger charge is -2.08. The Balaban J connectivity index is 1.44. The number of benzene rings is 1. The Morgan fingerprint density at radius 3 is 2.78 bits per heavy atom. The third-order valence-electron chi connectivity index (χ3n) is 4.01. The Bertz CT molecular complexity index is 1150. The van der Waals surface area contributed by atoms with Crippen LogP contribution in [0.1, 0.15) is 10.4 Å². The van der Waals surface area contributed by atoms with Crippen molar-refractivity contribution in [1.29, 1.82) is 0 Å². The molecule has 27 heavy (non-hydrogen) atoms. The van der Waals surface area contributed by atoms with Crippen molar-refractivity contribution in [3.63, 3.8) is 0 Å². The number of aromatic nitrogens is 6. The number of amides is 1. The molecule has 0 unspecified atom stereocenters. The van der Waals surface area contributed by atoms with Crippen LogP contribution in [0.3, 0.4) is 0 Å². The maximum Gasteiger partial charge on any atom is 0.266 e. The molecule has 0 fully saturated rings. The predicted molar refractivity (Wildman–Crippen MR) is 97.0 cm³/mol. The van der Waals surface area contributed by atoms with Gasteiger partial charge in [-0.15, -0.1) is 5.10 Å². The molecule has 0 radical (unpaired) electrons. The van der Waals surface area contributed by atoms with Gasteiger partial charge in [0, 0.05) is 29.9 Å². The highest BCUT2D eigenvalue weighted by Crippen LogP contribution is 2.13. The van der Waals surface area contributed by atoms with Crippen LogP contribution in [0.2, 0.25) is 0 Å². The van der Waals surface area contributed by atoms with Crippen LogP contribution in [0.15, 0.2) is 65.6 Å². The van der Waals surface area contributed by atoms with Crippen molar-refractivity contribution in [2.75, 3.05) is 6.54 Å². The minimum Gasteiger partial charge on any atom is -0.350 e. The van der Waals surface area contributed by atoms with Crippen molar-refractivity contribution < 1.29 is 4.79 Å². The van der Waals surface area contributed by atoms with Crippen LogP contribution in [0, 0.1) is 0 Å². The topological polar surface area (TPSA) is 107 Å². The van der Waals surface area contributed by atoms with Crippen molar-refractivity contribution in [3.8, 4) is 11.3 Å². The van der Waals surface area contributed by atoms with E-state index in [0.29, 0.717) is 16.9 Å². The van der Waals surface area contributed by atoms with E-state index in [0.717, 1.165) is 5.56 Å². The fourth-order valence-electron chi connectivity index (χ4n) is 2.63. The second kappa shape index (κ2) is 7.16. The van der Waals surface area contributed by atoms with Gasteiger partial charge in [-0.2, -0.15) is 5.10 Å². The predicted octanol–water partition coefficient (Wildman–Crippen LogP) is 0.778. The second-order valence-electron chi connectivity index (χ2n) is 5.80. The monoisotopic (exact) mass is 361 g/mol. The maximum atomic E-state index is 12.3. The molecule has 3 aromatic heterocycles. The average molecular weight is 361 g/mol. The normalized spacial score (nSPS) is 10.8. The van der Waals surface area contributed by atoms with Gasteiger partial charge in [0.25, 0.3) is 11.5 Å². The molecular formula is C18H15N7O2. The van der Waals surface area contributed by atoms with E-state index in [9.17, 15) is 9.59 Å². The summed E-state index contributed by atoms with van der Waals surface area (Å²) in [4.78, 5) is 24.3. The number of carbonyl (C=O) groups is 1. The van der Waals surface area contributed by atoms with Gasteiger partial charge in [0.05, 0.1) is 12.2 Å². The van der Waals surface area contributed by atoms with Crippen molar-refractivity contribution >= 4 is 11.6 Å². The highest BCUT2D eigenvalue weighted by atomic mass is 16.2. The van der Waals surface area contributed by atoms with E-state index in [2.05, 4.69) is 25.9 Å². The van der Waals surface area contributed by atoms with Gasteiger partial charge in [-0.25, -0.2) is 9.20 Å². The van der Waals surface area contributed by atoms with Crippen LogP contribution < -0.4 is 10.9 Å². The molecule has 134 valence electrons. The van der Waals surface area contributed by atoms with Gasteiger partial charge < -0.3 is 5.32 Å². The highest BCUT2D eigenvalue weighted by molar-refractivity contribution is 5.94. The third-order valence-corrected chi connectivity index (χ3v) is 4.01. The molecule has 4 aromatic rings. The molecule has 0 aliphatic carbocycles. The van der Waals surface area contributed by atoms with Gasteiger partial charge in [0.15, 0.2) is 5.65 Å². The molecule has 0 aliphatic heterocycles. The Morgan fingerprint density at radius 1 is 1.07 bits per heavy atom. The zero-order valence-electron chi connectivity index (χ0n) is 14.2. The van der Waals surface area contributed by atoms with Crippen LogP contribution in [-0.4, -0.2) is 42.3 Å². The summed E-state index contributed by atoms with van der Waals surface area (Å²) in [6, 6.07) is 16.0. The summed E-state index contributed by atoms with van der Waals surface area (Å²) in [7, 11) is 0. The van der Waals surface area contributed by atoms with Gasteiger partial charge in [-0.1, -0.05) is 30.3 Å². The Labute approximate surface area is 153 Å². The molecule has 0 atom stereocenters. The number of pyridine rings is 1. The number of rotatable bonds is 5. The van der Waals surface area contributed by atoms with Crippen LogP contribution in [0.4, 0.5) is 0 Å². The number of carbonyl (C=O) groups excluding carboxylic acids is 1. The van der Waals surface area contributed by atoms with E-state index in [-0.39, 0.29) is 24.6 Å². The molecule has 0 saturated heterocycles. The number of hydrogen-bond acceptors (Lipinski definition) is 6. The van der Waals surface area contributed by atoms with Gasteiger partial charge >= 0.3 is 0 Å². The smallest absolute Gasteiger partial charge is 0.266 e. The number of hydrogen-bond donors (Lipinski definition) is 1. The largest absolute Gasteiger partial charge is 0.350 e. The van der Waals surface area contributed by atoms with Crippen LogP contribution in [0.5, 0.6) is 0 Å². The molecule has 0 saturated carbocycles. The number of nitrogens with one attached hydrogen (secondary N) is 1. The second-order valence-corrected chi connectivity index (χ2v) is 5.80. The minimum absolute atomic E-state index is 0.222. The van der Waals surface area contributed by atoms with Crippen molar-refractivity contribution in [2.45, 2.75) is 6.54 Å². The third kappa shape index (κ3) is 3.56. The summed E-state index contributed by atoms with van der Waals surface area (Å²) in [5.74, 6) is -0.271. The molecule has 1 aromatic carbocycles. The van der Waals surface area contributed by atoms with Gasteiger partial charge in [-0.3, -0.25) is 9.59 Å². The Hall–Kier alpha value is -3.88. The van der Waals surface area contributed by atoms with Crippen LogP contribution >= 0.6 is 0 Å². The molecule has 0 aliphatic rings. The quantitative estimate of drug-likeness (QED) is 0.563. The van der Waals surface area contributed by atoms with E-state index in [1.807, 2.05) is 30.3 Å². The van der Waals surface area contributed by atoms with Crippen LogP contribution in [0.25, 0.3) is 16.9 Å². The SMILES string of the molecule is O=C(NCCn1nc(-c2ccccc2)ccc1=O)c1ccn2nnnc2c1. The summed E-state index contributed by atoms with van der Waals surface area (Å²) >= 11 is 0. The summed E-state index contributed by atoms with van der Waals surface area (Å²) in [5.41, 5.74) is 2.32. The van der Waals surface area contributed by atoms with E-state index < -0.39 is 0 Å². The van der Waals surface area contributed by atoms with E-state index in [4.69, 9.17) is 0 Å². The lowest BCUT2D eigenvalue weighted by Crippen LogP contribution is -2.32. The first-order valence-corrected chi connectivity index (χ1v) is 8.30. The van der Waals surface area contributed by atoms with Gasteiger partial charge in [-0.05, 0) is 28.6 Å². The van der Waals surface area contributed by atoms with Crippen molar-refractivity contribution in [2.24, 2.45) is 0 Å². The molecule has 9 heteroatoms. The van der Waals surface area contributed by atoms with Gasteiger partial charge in [0.1, 0.15) is 0 Å². The number of fused-ring (bicyclic) bond motifs is 1. The molecule has 1 N–H and O–H groups in total. The fraction of sp³-hybridized carbons (Fsp3) is 0.111. The van der Waals surface area contributed by atoms with Crippen molar-refractivity contribution in [1.82, 2.24) is 35.1 Å². The summed E-state index contributed by atoms with van der Waals surface area (Å²) in [6.07, 6.45) is 1.61. The number of nitrogens with zero attached hydrogens (tertiary/aromatic N) is 6. The molecule has 1 amide bonds. The highest BCUT2D eigenvalue weighted by Gasteiger charge is 2.08. The summed E-state index contributed by atoms with van der Waals surface area (Å²) in [5, 5.41) is 18.2. The molecule has 0 bridgehead atoms. The maximum absolute atomic E-state index is 12.3. The lowest BCUT2D eigenvalue weighted by molar-refractivity contribution is 0.0951. The van der Waals surface area contributed by atoms with E-state index in [1.165, 1.54) is 15.3 Å². The standard InChI is InChI=1S/C18H15N7O2/c26-17-7-6-15(13-4-2-1-3-5-13)21-25(17)11-9-19-18(27)14-8-10-24-16(12-14)20-22-23-24/h1-8,10,12H,9,11H2,(H,19,27). The minimum atomic E-state index is -0.271. The summed E-state index contributed by atoms with van der Waals surface area (Å²) in [6.45, 7) is 0.528. The Morgan fingerprint density at radius 2 is 1.93 bits per heavy atom.